The Morgan fingerprint density at radius 1 is 1.03 bits per heavy atom. The molecule has 30 heavy (non-hydrogen) atoms. The number of rotatable bonds is 7. The van der Waals surface area contributed by atoms with Crippen molar-refractivity contribution < 1.29 is 28.5 Å². The molecule has 0 spiro atoms. The number of carbonyl (C=O) groups excluding carboxylic acids is 2. The minimum atomic E-state index is -0.466. The van der Waals surface area contributed by atoms with Crippen LogP contribution >= 0.6 is 0 Å². The van der Waals surface area contributed by atoms with E-state index in [9.17, 15) is 9.59 Å². The first kappa shape index (κ1) is 22.2. The number of carbonyl (C=O) groups is 2. The summed E-state index contributed by atoms with van der Waals surface area (Å²) < 4.78 is 21.2. The Morgan fingerprint density at radius 2 is 1.67 bits per heavy atom. The Labute approximate surface area is 178 Å². The van der Waals surface area contributed by atoms with Crippen molar-refractivity contribution in [3.8, 4) is 17.2 Å². The second-order valence-electron chi connectivity index (χ2n) is 9.61. The number of nitrogens with zero attached hydrogens (tertiary/aromatic N) is 1. The number of likely N-dealkylation sites (tertiary alicyclic amines) is 1. The lowest BCUT2D eigenvalue weighted by Crippen LogP contribution is -2.39. The smallest absolute Gasteiger partial charge is 0.310 e. The van der Waals surface area contributed by atoms with E-state index in [1.54, 1.807) is 12.1 Å². The minimum Gasteiger partial charge on any atom is -0.493 e. The molecule has 0 unspecified atom stereocenters. The van der Waals surface area contributed by atoms with Gasteiger partial charge in [-0.15, -0.1) is 0 Å². The summed E-state index contributed by atoms with van der Waals surface area (Å²) in [4.78, 5) is 27.1. The van der Waals surface area contributed by atoms with E-state index in [0.717, 1.165) is 25.8 Å². The van der Waals surface area contributed by atoms with Crippen LogP contribution in [-0.4, -0.2) is 57.3 Å². The van der Waals surface area contributed by atoms with Gasteiger partial charge in [0.05, 0.1) is 27.8 Å². The quantitative estimate of drug-likeness (QED) is 0.632. The molecule has 1 aromatic rings. The predicted molar refractivity (Wildman–Crippen MR) is 112 cm³/mol. The Kier molecular flexibility index (Phi) is 6.20. The van der Waals surface area contributed by atoms with E-state index in [2.05, 4.69) is 20.8 Å². The molecule has 2 aliphatic rings. The molecule has 0 N–H and O–H groups in total. The summed E-state index contributed by atoms with van der Waals surface area (Å²) >= 11 is 0. The molecular formula is C23H33NO6. The van der Waals surface area contributed by atoms with E-state index < -0.39 is 5.97 Å². The van der Waals surface area contributed by atoms with Gasteiger partial charge >= 0.3 is 5.97 Å². The van der Waals surface area contributed by atoms with Gasteiger partial charge in [0.25, 0.3) is 5.91 Å². The van der Waals surface area contributed by atoms with Gasteiger partial charge in [0.15, 0.2) is 18.1 Å². The summed E-state index contributed by atoms with van der Waals surface area (Å²) in [5, 5.41) is 0. The van der Waals surface area contributed by atoms with Crippen LogP contribution < -0.4 is 14.2 Å². The molecule has 1 heterocycles. The minimum absolute atomic E-state index is 0.0121. The Bertz CT molecular complexity index is 795. The SMILES string of the molecule is COc1cc(CC(=O)OCC(=O)N2C[C@@]3(C)C[C@@H]2CC(C)(C)C3)cc(OC)c1OC. The summed E-state index contributed by atoms with van der Waals surface area (Å²) in [5.74, 6) is 0.821. The molecule has 1 saturated heterocycles. The lowest BCUT2D eigenvalue weighted by Gasteiger charge is -2.39. The van der Waals surface area contributed by atoms with Gasteiger partial charge in [-0.3, -0.25) is 9.59 Å². The predicted octanol–water partition coefficient (Wildman–Crippen LogP) is 3.23. The number of fused-ring (bicyclic) bond motifs is 2. The van der Waals surface area contributed by atoms with Crippen LogP contribution in [0.4, 0.5) is 0 Å². The molecular weight excluding hydrogens is 386 g/mol. The monoisotopic (exact) mass is 419 g/mol. The van der Waals surface area contributed by atoms with Crippen molar-refractivity contribution in [3.63, 3.8) is 0 Å². The largest absolute Gasteiger partial charge is 0.493 e. The van der Waals surface area contributed by atoms with Crippen LogP contribution in [0, 0.1) is 10.8 Å². The van der Waals surface area contributed by atoms with E-state index in [-0.39, 0.29) is 35.8 Å². The average Bonchev–Trinajstić information content (AvgIpc) is 2.93. The van der Waals surface area contributed by atoms with Crippen LogP contribution in [0.15, 0.2) is 12.1 Å². The van der Waals surface area contributed by atoms with E-state index in [4.69, 9.17) is 18.9 Å². The Morgan fingerprint density at radius 3 is 2.23 bits per heavy atom. The van der Waals surface area contributed by atoms with Crippen molar-refractivity contribution in [1.82, 2.24) is 4.90 Å². The maximum Gasteiger partial charge on any atom is 0.310 e. The number of methoxy groups -OCH3 is 3. The normalized spacial score (nSPS) is 24.3. The number of esters is 1. The van der Waals surface area contributed by atoms with Gasteiger partial charge in [0, 0.05) is 12.6 Å². The van der Waals surface area contributed by atoms with Crippen molar-refractivity contribution in [2.75, 3.05) is 34.5 Å². The van der Waals surface area contributed by atoms with Crippen LogP contribution in [0.2, 0.25) is 0 Å². The molecule has 1 aliphatic carbocycles. The number of amides is 1. The first-order valence-corrected chi connectivity index (χ1v) is 10.3. The van der Waals surface area contributed by atoms with Gasteiger partial charge in [0.2, 0.25) is 5.75 Å². The zero-order chi connectivity index (χ0) is 22.1. The van der Waals surface area contributed by atoms with Gasteiger partial charge in [-0.25, -0.2) is 0 Å². The lowest BCUT2D eigenvalue weighted by molar-refractivity contribution is -0.152. The highest BCUT2D eigenvalue weighted by Crippen LogP contribution is 2.52. The van der Waals surface area contributed by atoms with Crippen LogP contribution in [0.5, 0.6) is 17.2 Å². The summed E-state index contributed by atoms with van der Waals surface area (Å²) in [5.41, 5.74) is 1.05. The highest BCUT2D eigenvalue weighted by atomic mass is 16.5. The molecule has 2 atom stereocenters. The van der Waals surface area contributed by atoms with E-state index in [1.165, 1.54) is 21.3 Å². The van der Waals surface area contributed by atoms with E-state index in [0.29, 0.717) is 22.8 Å². The number of benzene rings is 1. The molecule has 7 heteroatoms. The molecule has 1 aromatic carbocycles. The molecule has 1 aliphatic heterocycles. The van der Waals surface area contributed by atoms with Gasteiger partial charge < -0.3 is 23.8 Å². The maximum absolute atomic E-state index is 12.8. The van der Waals surface area contributed by atoms with Gasteiger partial charge in [0.1, 0.15) is 0 Å². The number of hydrogen-bond acceptors (Lipinski definition) is 6. The zero-order valence-electron chi connectivity index (χ0n) is 18.9. The molecule has 166 valence electrons. The van der Waals surface area contributed by atoms with Crippen molar-refractivity contribution in [3.05, 3.63) is 17.7 Å². The first-order valence-electron chi connectivity index (χ1n) is 10.3. The molecule has 3 rings (SSSR count). The van der Waals surface area contributed by atoms with Gasteiger partial charge in [-0.2, -0.15) is 0 Å². The second-order valence-corrected chi connectivity index (χ2v) is 9.61. The zero-order valence-corrected chi connectivity index (χ0v) is 18.9. The summed E-state index contributed by atoms with van der Waals surface area (Å²) in [6, 6.07) is 3.65. The van der Waals surface area contributed by atoms with Crippen LogP contribution in [0.1, 0.15) is 45.6 Å². The summed E-state index contributed by atoms with van der Waals surface area (Å²) in [7, 11) is 4.56. The molecule has 0 aromatic heterocycles. The Balaban J connectivity index is 1.59. The van der Waals surface area contributed by atoms with Gasteiger partial charge in [-0.05, 0) is 47.8 Å². The second kappa shape index (κ2) is 8.36. The third-order valence-corrected chi connectivity index (χ3v) is 6.16. The van der Waals surface area contributed by atoms with E-state index >= 15 is 0 Å². The summed E-state index contributed by atoms with van der Waals surface area (Å²) in [6.45, 7) is 7.30. The van der Waals surface area contributed by atoms with Crippen LogP contribution in [-0.2, 0) is 20.7 Å². The molecule has 2 fully saturated rings. The van der Waals surface area contributed by atoms with Crippen LogP contribution in [0.3, 0.4) is 0 Å². The van der Waals surface area contributed by atoms with Crippen LogP contribution in [0.25, 0.3) is 0 Å². The molecule has 1 saturated carbocycles. The van der Waals surface area contributed by atoms with Gasteiger partial charge in [-0.1, -0.05) is 20.8 Å². The van der Waals surface area contributed by atoms with E-state index in [1.807, 2.05) is 4.90 Å². The average molecular weight is 420 g/mol. The fourth-order valence-corrected chi connectivity index (χ4v) is 5.43. The fraction of sp³-hybridized carbons (Fsp3) is 0.652. The maximum atomic E-state index is 12.8. The molecule has 1 amide bonds. The fourth-order valence-electron chi connectivity index (χ4n) is 5.43. The van der Waals surface area contributed by atoms with Crippen molar-refractivity contribution >= 4 is 11.9 Å². The van der Waals surface area contributed by atoms with Crippen molar-refractivity contribution in [2.45, 2.75) is 52.5 Å². The number of hydrogen-bond donors (Lipinski definition) is 0. The van der Waals surface area contributed by atoms with Crippen molar-refractivity contribution in [2.24, 2.45) is 10.8 Å². The lowest BCUT2D eigenvalue weighted by atomic mass is 9.65. The Hall–Kier alpha value is -2.44. The number of ether oxygens (including phenoxy) is 4. The highest BCUT2D eigenvalue weighted by Gasteiger charge is 2.50. The highest BCUT2D eigenvalue weighted by molar-refractivity contribution is 5.82. The standard InChI is InChI=1S/C23H33NO6/c1-22(2)10-16-11-23(3,13-22)14-24(16)19(25)12-30-20(26)9-15-7-17(27-4)21(29-6)18(8-15)28-5/h7-8,16H,9-14H2,1-6H3/t16-,23-/m0/s1. The molecule has 7 nitrogen and oxygen atoms in total. The molecule has 0 radical (unpaired) electrons. The first-order chi connectivity index (χ1) is 14.1. The van der Waals surface area contributed by atoms with Crippen molar-refractivity contribution in [1.29, 1.82) is 0 Å². The molecule has 2 bridgehead atoms. The third-order valence-electron chi connectivity index (χ3n) is 6.16. The summed E-state index contributed by atoms with van der Waals surface area (Å²) in [6.07, 6.45) is 3.15. The third kappa shape index (κ3) is 4.65. The topological polar surface area (TPSA) is 74.3 Å².